The third kappa shape index (κ3) is 6.24. The van der Waals surface area contributed by atoms with Crippen LogP contribution in [0.4, 0.5) is 0 Å². The van der Waals surface area contributed by atoms with E-state index >= 15 is 0 Å². The summed E-state index contributed by atoms with van der Waals surface area (Å²) >= 11 is 1.71. The van der Waals surface area contributed by atoms with Crippen molar-refractivity contribution < 1.29 is 9.59 Å². The molecule has 0 aliphatic heterocycles. The Morgan fingerprint density at radius 1 is 1.04 bits per heavy atom. The second kappa shape index (κ2) is 9.10. The molecule has 0 radical (unpaired) electrons. The monoisotopic (exact) mass is 330 g/mol. The van der Waals surface area contributed by atoms with E-state index in [1.807, 2.05) is 41.8 Å². The number of primary amides is 1. The number of carbonyl (C=O) groups excluding carboxylic acids is 2. The molecule has 1 aromatic heterocycles. The Hall–Kier alpha value is -2.14. The summed E-state index contributed by atoms with van der Waals surface area (Å²) in [6.07, 6.45) is 2.42. The van der Waals surface area contributed by atoms with Crippen molar-refractivity contribution >= 4 is 23.2 Å². The van der Waals surface area contributed by atoms with E-state index in [2.05, 4.69) is 6.07 Å². The van der Waals surface area contributed by atoms with Crippen LogP contribution in [0.15, 0.2) is 47.8 Å². The molecular formula is C18H22N2O2S. The molecule has 4 nitrogen and oxygen atoms in total. The van der Waals surface area contributed by atoms with Crippen molar-refractivity contribution in [3.8, 4) is 0 Å². The molecule has 0 aliphatic carbocycles. The van der Waals surface area contributed by atoms with Gasteiger partial charge in [0.15, 0.2) is 0 Å². The quantitative estimate of drug-likeness (QED) is 0.768. The Labute approximate surface area is 140 Å². The first-order valence-electron chi connectivity index (χ1n) is 7.77. The zero-order valence-corrected chi connectivity index (χ0v) is 13.9. The number of carbonyl (C=O) groups is 2. The van der Waals surface area contributed by atoms with E-state index in [0.717, 1.165) is 18.4 Å². The Kier molecular flexibility index (Phi) is 6.81. The van der Waals surface area contributed by atoms with Crippen LogP contribution in [-0.4, -0.2) is 23.3 Å². The highest BCUT2D eigenvalue weighted by Gasteiger charge is 2.14. The van der Waals surface area contributed by atoms with Gasteiger partial charge in [-0.15, -0.1) is 11.3 Å². The first-order valence-corrected chi connectivity index (χ1v) is 8.65. The average Bonchev–Trinajstić information content (AvgIpc) is 3.05. The van der Waals surface area contributed by atoms with Gasteiger partial charge in [-0.25, -0.2) is 0 Å². The van der Waals surface area contributed by atoms with Gasteiger partial charge in [0.05, 0.1) is 0 Å². The van der Waals surface area contributed by atoms with Crippen LogP contribution in [0.3, 0.4) is 0 Å². The van der Waals surface area contributed by atoms with Crippen LogP contribution in [0.5, 0.6) is 0 Å². The second-order valence-corrected chi connectivity index (χ2v) is 6.48. The Morgan fingerprint density at radius 2 is 1.83 bits per heavy atom. The van der Waals surface area contributed by atoms with Gasteiger partial charge in [-0.1, -0.05) is 36.4 Å². The fourth-order valence-electron chi connectivity index (χ4n) is 2.37. The maximum atomic E-state index is 12.5. The number of aryl methyl sites for hydroxylation is 1. The van der Waals surface area contributed by atoms with Crippen LogP contribution < -0.4 is 5.73 Å². The topological polar surface area (TPSA) is 63.4 Å². The average molecular weight is 330 g/mol. The third-order valence-electron chi connectivity index (χ3n) is 3.59. The van der Waals surface area contributed by atoms with Crippen molar-refractivity contribution in [2.45, 2.75) is 32.2 Å². The number of rotatable bonds is 9. The number of nitrogens with two attached hydrogens (primary N) is 1. The molecule has 0 spiro atoms. The summed E-state index contributed by atoms with van der Waals surface area (Å²) in [4.78, 5) is 26.5. The lowest BCUT2D eigenvalue weighted by Gasteiger charge is -2.22. The molecule has 1 aromatic carbocycles. The van der Waals surface area contributed by atoms with Gasteiger partial charge in [0, 0.05) is 30.8 Å². The lowest BCUT2D eigenvalue weighted by molar-refractivity contribution is -0.132. The highest BCUT2D eigenvalue weighted by Crippen LogP contribution is 2.14. The predicted octanol–water partition coefficient (Wildman–Crippen LogP) is 2.98. The van der Waals surface area contributed by atoms with Crippen LogP contribution in [0.25, 0.3) is 0 Å². The van der Waals surface area contributed by atoms with Crippen LogP contribution >= 0.6 is 11.3 Å². The number of benzene rings is 1. The third-order valence-corrected chi connectivity index (χ3v) is 4.53. The molecule has 2 N–H and O–H groups in total. The lowest BCUT2D eigenvalue weighted by atomic mass is 10.1. The molecule has 5 heteroatoms. The molecule has 2 aromatic rings. The first kappa shape index (κ1) is 17.2. The number of hydrogen-bond donors (Lipinski definition) is 1. The van der Waals surface area contributed by atoms with E-state index in [0.29, 0.717) is 19.5 Å². The van der Waals surface area contributed by atoms with Crippen LogP contribution in [0.2, 0.25) is 0 Å². The molecule has 122 valence electrons. The normalized spacial score (nSPS) is 10.4. The number of amides is 2. The van der Waals surface area contributed by atoms with Crippen LogP contribution in [-0.2, 0) is 22.6 Å². The molecule has 0 unspecified atom stereocenters. The standard InChI is InChI=1S/C18H22N2O2S/c19-17(21)11-12-20(14-15-6-2-1-3-7-15)18(22)10-4-8-16-9-5-13-23-16/h1-3,5-7,9,13H,4,8,10-12,14H2,(H2,19,21). The highest BCUT2D eigenvalue weighted by molar-refractivity contribution is 7.09. The van der Waals surface area contributed by atoms with Gasteiger partial charge >= 0.3 is 0 Å². The van der Waals surface area contributed by atoms with E-state index in [9.17, 15) is 9.59 Å². The molecule has 0 bridgehead atoms. The van der Waals surface area contributed by atoms with Gasteiger partial charge in [-0.2, -0.15) is 0 Å². The summed E-state index contributed by atoms with van der Waals surface area (Å²) in [5, 5.41) is 2.05. The van der Waals surface area contributed by atoms with Crippen LogP contribution in [0, 0.1) is 0 Å². The molecule has 23 heavy (non-hydrogen) atoms. The van der Waals surface area contributed by atoms with Crippen molar-refractivity contribution in [1.29, 1.82) is 0 Å². The van der Waals surface area contributed by atoms with E-state index in [4.69, 9.17) is 5.73 Å². The maximum absolute atomic E-state index is 12.5. The molecular weight excluding hydrogens is 308 g/mol. The van der Waals surface area contributed by atoms with Gasteiger partial charge < -0.3 is 10.6 Å². The fraction of sp³-hybridized carbons (Fsp3) is 0.333. The van der Waals surface area contributed by atoms with Crippen molar-refractivity contribution in [2.24, 2.45) is 5.73 Å². The zero-order chi connectivity index (χ0) is 16.5. The number of nitrogens with zero attached hydrogens (tertiary/aromatic N) is 1. The molecule has 0 fully saturated rings. The molecule has 0 aliphatic rings. The zero-order valence-electron chi connectivity index (χ0n) is 13.1. The summed E-state index contributed by atoms with van der Waals surface area (Å²) in [5.74, 6) is -0.305. The molecule has 1 heterocycles. The molecule has 2 amide bonds. The van der Waals surface area contributed by atoms with Crippen molar-refractivity contribution in [2.75, 3.05) is 6.54 Å². The summed E-state index contributed by atoms with van der Waals surface area (Å²) in [5.41, 5.74) is 6.28. The summed E-state index contributed by atoms with van der Waals surface area (Å²) in [6.45, 7) is 0.897. The smallest absolute Gasteiger partial charge is 0.222 e. The van der Waals surface area contributed by atoms with Crippen LogP contribution in [0.1, 0.15) is 29.7 Å². The molecule has 0 saturated heterocycles. The SMILES string of the molecule is NC(=O)CCN(Cc1ccccc1)C(=O)CCCc1cccs1. The van der Waals surface area contributed by atoms with Crippen molar-refractivity contribution in [3.05, 3.63) is 58.3 Å². The summed E-state index contributed by atoms with van der Waals surface area (Å²) in [6, 6.07) is 13.9. The van der Waals surface area contributed by atoms with Gasteiger partial charge in [0.1, 0.15) is 0 Å². The van der Waals surface area contributed by atoms with Gasteiger partial charge in [0.2, 0.25) is 11.8 Å². The fourth-order valence-corrected chi connectivity index (χ4v) is 3.12. The minimum Gasteiger partial charge on any atom is -0.370 e. The van der Waals surface area contributed by atoms with Crippen molar-refractivity contribution in [3.63, 3.8) is 0 Å². The Bertz CT molecular complexity index is 611. The minimum atomic E-state index is -0.380. The van der Waals surface area contributed by atoms with E-state index in [1.165, 1.54) is 4.88 Å². The lowest BCUT2D eigenvalue weighted by Crippen LogP contribution is -2.33. The van der Waals surface area contributed by atoms with E-state index in [-0.39, 0.29) is 18.2 Å². The Balaban J connectivity index is 1.88. The van der Waals surface area contributed by atoms with Gasteiger partial charge in [-0.05, 0) is 29.9 Å². The second-order valence-electron chi connectivity index (χ2n) is 5.45. The van der Waals surface area contributed by atoms with Gasteiger partial charge in [0.25, 0.3) is 0 Å². The maximum Gasteiger partial charge on any atom is 0.222 e. The highest BCUT2D eigenvalue weighted by atomic mass is 32.1. The Morgan fingerprint density at radius 3 is 2.48 bits per heavy atom. The van der Waals surface area contributed by atoms with Crippen molar-refractivity contribution in [1.82, 2.24) is 4.90 Å². The molecule has 0 atom stereocenters. The summed E-state index contributed by atoms with van der Waals surface area (Å²) in [7, 11) is 0. The minimum absolute atomic E-state index is 0.0756. The largest absolute Gasteiger partial charge is 0.370 e. The first-order chi connectivity index (χ1) is 11.1. The summed E-state index contributed by atoms with van der Waals surface area (Å²) < 4.78 is 0. The molecule has 2 rings (SSSR count). The van der Waals surface area contributed by atoms with Gasteiger partial charge in [-0.3, -0.25) is 9.59 Å². The predicted molar refractivity (Wildman–Crippen MR) is 92.9 cm³/mol. The number of thiophene rings is 1. The molecule has 0 saturated carbocycles. The van der Waals surface area contributed by atoms with E-state index in [1.54, 1.807) is 16.2 Å². The number of hydrogen-bond acceptors (Lipinski definition) is 3. The van der Waals surface area contributed by atoms with E-state index < -0.39 is 0 Å².